The molecule has 0 aromatic rings. The normalized spacial score (nSPS) is 21.7. The van der Waals surface area contributed by atoms with Crippen LogP contribution in [0.4, 0.5) is 0 Å². The molecule has 0 aliphatic heterocycles. The molecule has 3 heteroatoms. The summed E-state index contributed by atoms with van der Waals surface area (Å²) in [6, 6.07) is 0. The Bertz CT molecular complexity index is 261. The third kappa shape index (κ3) is 3.84. The van der Waals surface area contributed by atoms with Crippen LogP contribution in [0.25, 0.3) is 0 Å². The van der Waals surface area contributed by atoms with Crippen molar-refractivity contribution < 1.29 is 9.53 Å². The van der Waals surface area contributed by atoms with E-state index in [0.717, 1.165) is 48.8 Å². The smallest absolute Gasteiger partial charge is 0.308 e. The molecule has 0 heterocycles. The van der Waals surface area contributed by atoms with Gasteiger partial charge in [-0.2, -0.15) is 0 Å². The number of ether oxygens (including phenoxy) is 1. The van der Waals surface area contributed by atoms with Crippen LogP contribution in [0.5, 0.6) is 0 Å². The van der Waals surface area contributed by atoms with Gasteiger partial charge in [-0.25, -0.2) is 0 Å². The predicted molar refractivity (Wildman–Crippen MR) is 80.0 cm³/mol. The molecule has 0 bridgehead atoms. The van der Waals surface area contributed by atoms with Crippen LogP contribution in [0.1, 0.15) is 72.1 Å². The largest absolute Gasteiger partial charge is 0.462 e. The zero-order valence-corrected chi connectivity index (χ0v) is 14.6. The summed E-state index contributed by atoms with van der Waals surface area (Å²) >= 11 is 0. The van der Waals surface area contributed by atoms with E-state index in [1.54, 1.807) is 0 Å². The van der Waals surface area contributed by atoms with Crippen molar-refractivity contribution in [3.63, 3.8) is 0 Å². The zero-order valence-electron chi connectivity index (χ0n) is 12.6. The molecule has 2 nitrogen and oxygen atoms in total. The van der Waals surface area contributed by atoms with Crippen LogP contribution in [0.3, 0.4) is 0 Å². The molecule has 1 rings (SSSR count). The van der Waals surface area contributed by atoms with Gasteiger partial charge in [-0.15, -0.1) is 0 Å². The van der Waals surface area contributed by atoms with Gasteiger partial charge in [-0.05, 0) is 38.0 Å². The molecule has 1 saturated carbocycles. The average molecular weight is 270 g/mol. The fraction of sp³-hybridized carbons (Fsp3) is 0.933. The second kappa shape index (κ2) is 7.32. The summed E-state index contributed by atoms with van der Waals surface area (Å²) in [4.78, 5) is 12.5. The highest BCUT2D eigenvalue weighted by molar-refractivity contribution is 6.27. The second-order valence-corrected chi connectivity index (χ2v) is 7.95. The molecule has 18 heavy (non-hydrogen) atoms. The number of carbonyl (C=O) groups excluding carboxylic acids is 1. The lowest BCUT2D eigenvalue weighted by Crippen LogP contribution is -2.34. The van der Waals surface area contributed by atoms with E-state index < -0.39 is 0 Å². The van der Waals surface area contributed by atoms with Gasteiger partial charge in [-0.3, -0.25) is 4.79 Å². The van der Waals surface area contributed by atoms with Crippen molar-refractivity contribution in [2.75, 3.05) is 0 Å². The molecule has 1 fully saturated rings. The van der Waals surface area contributed by atoms with E-state index in [1.165, 1.54) is 12.8 Å². The molecule has 0 radical (unpaired) electrons. The van der Waals surface area contributed by atoms with Gasteiger partial charge in [-0.1, -0.05) is 40.0 Å². The van der Waals surface area contributed by atoms with Gasteiger partial charge in [0.05, 0.1) is 5.04 Å². The number of hydrogen-bond acceptors (Lipinski definition) is 2. The van der Waals surface area contributed by atoms with Crippen LogP contribution < -0.4 is 0 Å². The average Bonchev–Trinajstić information content (AvgIpc) is 2.82. The van der Waals surface area contributed by atoms with Gasteiger partial charge in [0.2, 0.25) is 0 Å². The van der Waals surface area contributed by atoms with Crippen LogP contribution in [0.2, 0.25) is 5.04 Å². The number of esters is 1. The summed E-state index contributed by atoms with van der Waals surface area (Å²) in [5.41, 5.74) is 0. The summed E-state index contributed by atoms with van der Waals surface area (Å²) < 4.78 is 5.79. The minimum atomic E-state index is -0.145. The topological polar surface area (TPSA) is 26.3 Å². The first-order chi connectivity index (χ1) is 8.54. The highest BCUT2D eigenvalue weighted by Crippen LogP contribution is 2.42. The van der Waals surface area contributed by atoms with Crippen molar-refractivity contribution >= 4 is 16.2 Å². The standard InChI is InChI=1S/C15H30O2Si/c1-4-8-12(3)15(18,11-5-2)14(16)17-13-9-6-7-10-13/h12-13H,4-11H2,1-3,18H3. The first kappa shape index (κ1) is 15.7. The second-order valence-electron chi connectivity index (χ2n) is 6.17. The number of hydrogen-bond donors (Lipinski definition) is 0. The first-order valence-electron chi connectivity index (χ1n) is 7.75. The van der Waals surface area contributed by atoms with Crippen molar-refractivity contribution in [1.29, 1.82) is 0 Å². The van der Waals surface area contributed by atoms with Gasteiger partial charge in [0.25, 0.3) is 0 Å². The third-order valence-corrected chi connectivity index (χ3v) is 6.51. The molecule has 0 amide bonds. The maximum atomic E-state index is 12.5. The Hall–Kier alpha value is -0.313. The Morgan fingerprint density at radius 3 is 2.44 bits per heavy atom. The fourth-order valence-corrected chi connectivity index (χ4v) is 4.02. The Balaban J connectivity index is 2.65. The van der Waals surface area contributed by atoms with Gasteiger partial charge in [0, 0.05) is 10.2 Å². The van der Waals surface area contributed by atoms with E-state index in [0.29, 0.717) is 5.92 Å². The predicted octanol–water partition coefficient (Wildman–Crippen LogP) is 3.23. The molecule has 2 unspecified atom stereocenters. The van der Waals surface area contributed by atoms with Crippen molar-refractivity contribution in [2.24, 2.45) is 5.92 Å². The van der Waals surface area contributed by atoms with Crippen LogP contribution >= 0.6 is 0 Å². The SMILES string of the molecule is CCCC(C)C([SiH3])(CCC)C(=O)OC1CCCC1. The first-order valence-corrected chi connectivity index (χ1v) is 8.75. The summed E-state index contributed by atoms with van der Waals surface area (Å²) in [5, 5.41) is -0.145. The number of rotatable bonds is 7. The monoisotopic (exact) mass is 270 g/mol. The molecule has 2 atom stereocenters. The van der Waals surface area contributed by atoms with Crippen LogP contribution in [0, 0.1) is 5.92 Å². The lowest BCUT2D eigenvalue weighted by molar-refractivity contribution is -0.154. The molecule has 1 aliphatic rings. The third-order valence-electron chi connectivity index (χ3n) is 4.62. The lowest BCUT2D eigenvalue weighted by Gasteiger charge is -2.34. The van der Waals surface area contributed by atoms with E-state index in [-0.39, 0.29) is 17.1 Å². The molecule has 0 N–H and O–H groups in total. The molecular formula is C15H30O2Si. The van der Waals surface area contributed by atoms with Crippen molar-refractivity contribution in [2.45, 2.75) is 83.3 Å². The van der Waals surface area contributed by atoms with Crippen molar-refractivity contribution in [3.05, 3.63) is 0 Å². The Morgan fingerprint density at radius 2 is 1.94 bits per heavy atom. The van der Waals surface area contributed by atoms with E-state index in [9.17, 15) is 4.79 Å². The van der Waals surface area contributed by atoms with Gasteiger partial charge < -0.3 is 4.74 Å². The minimum absolute atomic E-state index is 0.115. The van der Waals surface area contributed by atoms with Crippen molar-refractivity contribution in [1.82, 2.24) is 0 Å². The molecule has 0 aromatic carbocycles. The summed E-state index contributed by atoms with van der Waals surface area (Å²) in [6.45, 7) is 6.61. The quantitative estimate of drug-likeness (QED) is 0.524. The van der Waals surface area contributed by atoms with Gasteiger partial charge >= 0.3 is 5.97 Å². The molecule has 0 saturated heterocycles. The molecule has 1 aliphatic carbocycles. The molecule has 0 spiro atoms. The van der Waals surface area contributed by atoms with E-state index in [1.807, 2.05) is 0 Å². The lowest BCUT2D eigenvalue weighted by atomic mass is 9.85. The zero-order chi connectivity index (χ0) is 13.6. The maximum Gasteiger partial charge on any atom is 0.308 e. The van der Waals surface area contributed by atoms with E-state index in [2.05, 4.69) is 20.8 Å². The van der Waals surface area contributed by atoms with Crippen molar-refractivity contribution in [3.8, 4) is 0 Å². The Kier molecular flexibility index (Phi) is 6.40. The number of carbonyl (C=O) groups is 1. The van der Waals surface area contributed by atoms with Gasteiger partial charge in [0.1, 0.15) is 6.10 Å². The highest BCUT2D eigenvalue weighted by atomic mass is 28.1. The Morgan fingerprint density at radius 1 is 1.33 bits per heavy atom. The summed E-state index contributed by atoms with van der Waals surface area (Å²) in [6.07, 6.45) is 9.22. The van der Waals surface area contributed by atoms with E-state index >= 15 is 0 Å². The summed E-state index contributed by atoms with van der Waals surface area (Å²) in [5.74, 6) is 0.590. The minimum Gasteiger partial charge on any atom is -0.462 e. The van der Waals surface area contributed by atoms with Crippen LogP contribution in [-0.4, -0.2) is 22.3 Å². The van der Waals surface area contributed by atoms with Crippen LogP contribution in [0.15, 0.2) is 0 Å². The van der Waals surface area contributed by atoms with E-state index in [4.69, 9.17) is 4.74 Å². The maximum absolute atomic E-state index is 12.5. The molecular weight excluding hydrogens is 240 g/mol. The highest BCUT2D eigenvalue weighted by Gasteiger charge is 2.40. The fourth-order valence-electron chi connectivity index (χ4n) is 3.11. The molecule has 0 aromatic heterocycles. The Labute approximate surface area is 115 Å². The van der Waals surface area contributed by atoms with Crippen LogP contribution in [-0.2, 0) is 9.53 Å². The van der Waals surface area contributed by atoms with Gasteiger partial charge in [0.15, 0.2) is 0 Å². The summed E-state index contributed by atoms with van der Waals surface area (Å²) in [7, 11) is 0.916. The molecule has 106 valence electrons.